The van der Waals surface area contributed by atoms with Crippen LogP contribution in [0.25, 0.3) is 0 Å². The summed E-state index contributed by atoms with van der Waals surface area (Å²) in [6.45, 7) is 2.40. The van der Waals surface area contributed by atoms with Gasteiger partial charge >= 0.3 is 11.9 Å². The highest BCUT2D eigenvalue weighted by molar-refractivity contribution is 5.91. The van der Waals surface area contributed by atoms with Gasteiger partial charge in [-0.15, -0.1) is 0 Å². The first-order chi connectivity index (χ1) is 9.41. The van der Waals surface area contributed by atoms with Crippen LogP contribution >= 0.6 is 0 Å². The molecule has 6 heteroatoms. The van der Waals surface area contributed by atoms with Crippen LogP contribution in [0.3, 0.4) is 0 Å². The lowest BCUT2D eigenvalue weighted by molar-refractivity contribution is -0.140. The molecule has 0 saturated carbocycles. The highest BCUT2D eigenvalue weighted by Crippen LogP contribution is 1.91. The summed E-state index contributed by atoms with van der Waals surface area (Å²) in [4.78, 5) is 26.6. The lowest BCUT2D eigenvalue weighted by atomic mass is 10.4. The van der Waals surface area contributed by atoms with Crippen molar-refractivity contribution >= 4 is 11.9 Å². The molecule has 116 valence electrons. The van der Waals surface area contributed by atoms with Crippen LogP contribution in [0.1, 0.15) is 12.8 Å². The van der Waals surface area contributed by atoms with E-state index in [2.05, 4.69) is 0 Å². The van der Waals surface area contributed by atoms with Crippen molar-refractivity contribution in [2.45, 2.75) is 12.8 Å². The first kappa shape index (κ1) is 18.6. The molecule has 0 amide bonds. The molecule has 0 aliphatic carbocycles. The second-order valence-electron chi connectivity index (χ2n) is 4.98. The van der Waals surface area contributed by atoms with Gasteiger partial charge in [0.05, 0.1) is 13.2 Å². The molecule has 0 aromatic rings. The molecule has 0 N–H and O–H groups in total. The third-order valence-corrected chi connectivity index (χ3v) is 2.34. The number of esters is 2. The topological polar surface area (TPSA) is 59.1 Å². The molecule has 0 atom stereocenters. The molecule has 0 spiro atoms. The summed E-state index contributed by atoms with van der Waals surface area (Å²) in [6, 6.07) is 0. The summed E-state index contributed by atoms with van der Waals surface area (Å²) in [7, 11) is 7.81. The summed E-state index contributed by atoms with van der Waals surface area (Å²) >= 11 is 0. The quantitative estimate of drug-likeness (QED) is 0.332. The van der Waals surface area contributed by atoms with Crippen molar-refractivity contribution in [2.75, 3.05) is 54.5 Å². The van der Waals surface area contributed by atoms with Crippen molar-refractivity contribution in [1.82, 2.24) is 9.80 Å². The predicted molar refractivity (Wildman–Crippen MR) is 77.4 cm³/mol. The number of carbonyl (C=O) groups excluding carboxylic acids is 2. The van der Waals surface area contributed by atoms with Gasteiger partial charge in [-0.05, 0) is 41.0 Å². The smallest absolute Gasteiger partial charge is 0.331 e. The normalized spacial score (nSPS) is 11.3. The third-order valence-electron chi connectivity index (χ3n) is 2.34. The first-order valence-electron chi connectivity index (χ1n) is 6.73. The molecule has 0 aliphatic heterocycles. The zero-order valence-corrected chi connectivity index (χ0v) is 12.9. The van der Waals surface area contributed by atoms with Gasteiger partial charge in [-0.3, -0.25) is 0 Å². The number of hydrogen-bond donors (Lipinski definition) is 0. The van der Waals surface area contributed by atoms with Crippen LogP contribution in [0.15, 0.2) is 12.2 Å². The van der Waals surface area contributed by atoms with Crippen LogP contribution in [0.4, 0.5) is 0 Å². The fourth-order valence-corrected chi connectivity index (χ4v) is 1.34. The molecule has 0 aromatic carbocycles. The molecule has 0 fully saturated rings. The number of hydrogen-bond acceptors (Lipinski definition) is 6. The number of nitrogens with zero attached hydrogens (tertiary/aromatic N) is 2. The Morgan fingerprint density at radius 2 is 1.15 bits per heavy atom. The second kappa shape index (κ2) is 11.4. The van der Waals surface area contributed by atoms with Crippen LogP contribution < -0.4 is 0 Å². The second-order valence-corrected chi connectivity index (χ2v) is 4.98. The Kier molecular flexibility index (Phi) is 10.6. The molecule has 20 heavy (non-hydrogen) atoms. The van der Waals surface area contributed by atoms with E-state index in [-0.39, 0.29) is 0 Å². The van der Waals surface area contributed by atoms with Gasteiger partial charge in [-0.25, -0.2) is 9.59 Å². The van der Waals surface area contributed by atoms with Crippen LogP contribution in [0.2, 0.25) is 0 Å². The molecule has 0 rings (SSSR count). The molecule has 0 aliphatic rings. The maximum Gasteiger partial charge on any atom is 0.331 e. The molecular weight excluding hydrogens is 260 g/mol. The largest absolute Gasteiger partial charge is 0.462 e. The van der Waals surface area contributed by atoms with Crippen LogP contribution in [-0.4, -0.2) is 76.2 Å². The zero-order valence-electron chi connectivity index (χ0n) is 12.9. The van der Waals surface area contributed by atoms with E-state index < -0.39 is 11.9 Å². The molecular formula is C14H26N2O4. The summed E-state index contributed by atoms with van der Waals surface area (Å²) in [5.74, 6) is -1.04. The van der Waals surface area contributed by atoms with Gasteiger partial charge in [0.15, 0.2) is 0 Å². The Bertz CT molecular complexity index is 284. The highest BCUT2D eigenvalue weighted by Gasteiger charge is 2.01. The van der Waals surface area contributed by atoms with Crippen molar-refractivity contribution in [3.63, 3.8) is 0 Å². The summed E-state index contributed by atoms with van der Waals surface area (Å²) in [5.41, 5.74) is 0. The standard InChI is InChI=1S/C14H26N2O4/c1-15(2)9-5-11-19-13(17)7-8-14(18)20-12-6-10-16(3)4/h7-8H,5-6,9-12H2,1-4H3. The average Bonchev–Trinajstić information content (AvgIpc) is 2.37. The molecule has 6 nitrogen and oxygen atoms in total. The lowest BCUT2D eigenvalue weighted by Gasteiger charge is -2.08. The van der Waals surface area contributed by atoms with E-state index in [1.54, 1.807) is 0 Å². The SMILES string of the molecule is CN(C)CCCOC(=O)C=CC(=O)OCCCN(C)C. The van der Waals surface area contributed by atoms with E-state index in [0.717, 1.165) is 38.1 Å². The fraction of sp³-hybridized carbons (Fsp3) is 0.714. The van der Waals surface area contributed by atoms with E-state index in [0.29, 0.717) is 13.2 Å². The Morgan fingerprint density at radius 3 is 1.45 bits per heavy atom. The van der Waals surface area contributed by atoms with Crippen molar-refractivity contribution in [1.29, 1.82) is 0 Å². The van der Waals surface area contributed by atoms with Crippen molar-refractivity contribution in [2.24, 2.45) is 0 Å². The maximum atomic E-state index is 11.3. The van der Waals surface area contributed by atoms with Crippen molar-refractivity contribution < 1.29 is 19.1 Å². The third kappa shape index (κ3) is 13.0. The first-order valence-corrected chi connectivity index (χ1v) is 6.73. The molecule has 0 unspecified atom stereocenters. The van der Waals surface area contributed by atoms with Crippen molar-refractivity contribution in [3.8, 4) is 0 Å². The Balaban J connectivity index is 3.64. The monoisotopic (exact) mass is 286 g/mol. The Morgan fingerprint density at radius 1 is 0.800 bits per heavy atom. The van der Waals surface area contributed by atoms with E-state index in [1.807, 2.05) is 38.0 Å². The minimum absolute atomic E-state index is 0.346. The summed E-state index contributed by atoms with van der Waals surface area (Å²) in [5, 5.41) is 0. The van der Waals surface area contributed by atoms with E-state index >= 15 is 0 Å². The van der Waals surface area contributed by atoms with E-state index in [9.17, 15) is 9.59 Å². The van der Waals surface area contributed by atoms with Crippen molar-refractivity contribution in [3.05, 3.63) is 12.2 Å². The number of rotatable bonds is 10. The zero-order chi connectivity index (χ0) is 15.4. The van der Waals surface area contributed by atoms with Crippen LogP contribution in [-0.2, 0) is 19.1 Å². The number of carbonyl (C=O) groups is 2. The van der Waals surface area contributed by atoms with Gasteiger partial charge in [-0.2, -0.15) is 0 Å². The van der Waals surface area contributed by atoms with Gasteiger partial charge in [0.25, 0.3) is 0 Å². The lowest BCUT2D eigenvalue weighted by Crippen LogP contribution is -2.16. The van der Waals surface area contributed by atoms with Gasteiger partial charge < -0.3 is 19.3 Å². The van der Waals surface area contributed by atoms with E-state index in [1.165, 1.54) is 0 Å². The van der Waals surface area contributed by atoms with Crippen LogP contribution in [0, 0.1) is 0 Å². The van der Waals surface area contributed by atoms with Gasteiger partial charge in [0.1, 0.15) is 0 Å². The average molecular weight is 286 g/mol. The highest BCUT2D eigenvalue weighted by atomic mass is 16.5. The van der Waals surface area contributed by atoms with Gasteiger partial charge in [0.2, 0.25) is 0 Å². The Labute approximate surface area is 121 Å². The summed E-state index contributed by atoms with van der Waals surface area (Å²) < 4.78 is 9.87. The van der Waals surface area contributed by atoms with Crippen LogP contribution in [0.5, 0.6) is 0 Å². The molecule has 0 radical (unpaired) electrons. The van der Waals surface area contributed by atoms with E-state index in [4.69, 9.17) is 9.47 Å². The molecule has 0 heterocycles. The van der Waals surface area contributed by atoms with Gasteiger partial charge in [0, 0.05) is 25.2 Å². The minimum Gasteiger partial charge on any atom is -0.462 e. The minimum atomic E-state index is -0.519. The summed E-state index contributed by atoms with van der Waals surface area (Å²) in [6.07, 6.45) is 3.73. The predicted octanol–water partition coefficient (Wildman–Crippen LogP) is 0.532. The maximum absolute atomic E-state index is 11.3. The molecule has 0 aromatic heterocycles. The molecule has 0 saturated heterocycles. The number of ether oxygens (including phenoxy) is 2. The Hall–Kier alpha value is -1.40. The fourth-order valence-electron chi connectivity index (χ4n) is 1.34. The molecule has 0 bridgehead atoms. The van der Waals surface area contributed by atoms with Gasteiger partial charge in [-0.1, -0.05) is 0 Å².